The fraction of sp³-hybridized carbons (Fsp3) is 1.00. The molecular formula is C9H17NO. The molecule has 0 aromatic carbocycles. The number of rotatable bonds is 1. The summed E-state index contributed by atoms with van der Waals surface area (Å²) in [5.74, 6) is 2.53. The van der Waals surface area contributed by atoms with Crippen molar-refractivity contribution < 1.29 is 5.11 Å². The summed E-state index contributed by atoms with van der Waals surface area (Å²) in [7, 11) is 0. The standard InChI is InChI=1S/C9H17NO/c1-6-2-7-4-10-9(5-11)8(7)3-6/h6-11H,2-5H2,1H3/t6?,7?,8-,9+/m0/s1. The summed E-state index contributed by atoms with van der Waals surface area (Å²) >= 11 is 0. The molecule has 0 aromatic rings. The van der Waals surface area contributed by atoms with Gasteiger partial charge in [-0.05, 0) is 37.1 Å². The van der Waals surface area contributed by atoms with E-state index < -0.39 is 0 Å². The number of nitrogens with one attached hydrogen (secondary N) is 1. The lowest BCUT2D eigenvalue weighted by Gasteiger charge is -2.15. The van der Waals surface area contributed by atoms with Crippen molar-refractivity contribution in [2.75, 3.05) is 13.2 Å². The highest BCUT2D eigenvalue weighted by molar-refractivity contribution is 4.95. The van der Waals surface area contributed by atoms with Crippen LogP contribution in [0.3, 0.4) is 0 Å². The third-order valence-electron chi connectivity index (χ3n) is 3.34. The Kier molecular flexibility index (Phi) is 1.90. The zero-order valence-electron chi connectivity index (χ0n) is 7.09. The summed E-state index contributed by atoms with van der Waals surface area (Å²) in [6.07, 6.45) is 2.69. The lowest BCUT2D eigenvalue weighted by molar-refractivity contribution is 0.220. The van der Waals surface area contributed by atoms with E-state index in [1.807, 2.05) is 0 Å². The van der Waals surface area contributed by atoms with Crippen LogP contribution in [0.15, 0.2) is 0 Å². The second kappa shape index (κ2) is 2.76. The van der Waals surface area contributed by atoms with Crippen molar-refractivity contribution in [3.8, 4) is 0 Å². The van der Waals surface area contributed by atoms with E-state index in [0.29, 0.717) is 12.6 Å². The van der Waals surface area contributed by atoms with Crippen LogP contribution < -0.4 is 5.32 Å². The predicted octanol–water partition coefficient (Wildman–Crippen LogP) is 0.613. The van der Waals surface area contributed by atoms with E-state index in [-0.39, 0.29) is 0 Å². The number of aliphatic hydroxyl groups is 1. The Hall–Kier alpha value is -0.0800. The van der Waals surface area contributed by atoms with Crippen LogP contribution in [0.4, 0.5) is 0 Å². The molecule has 2 heteroatoms. The molecule has 1 saturated heterocycles. The second-order valence-electron chi connectivity index (χ2n) is 4.20. The number of hydrogen-bond donors (Lipinski definition) is 2. The number of fused-ring (bicyclic) bond motifs is 1. The molecule has 11 heavy (non-hydrogen) atoms. The fourth-order valence-electron chi connectivity index (χ4n) is 2.83. The van der Waals surface area contributed by atoms with Crippen molar-refractivity contribution in [2.24, 2.45) is 17.8 Å². The first-order chi connectivity index (χ1) is 5.31. The topological polar surface area (TPSA) is 32.3 Å². The molecule has 2 fully saturated rings. The lowest BCUT2D eigenvalue weighted by atomic mass is 9.94. The van der Waals surface area contributed by atoms with Crippen molar-refractivity contribution in [2.45, 2.75) is 25.8 Å². The number of aliphatic hydroxyl groups excluding tert-OH is 1. The second-order valence-corrected chi connectivity index (χ2v) is 4.20. The zero-order chi connectivity index (χ0) is 7.84. The van der Waals surface area contributed by atoms with E-state index >= 15 is 0 Å². The van der Waals surface area contributed by atoms with Gasteiger partial charge in [0.1, 0.15) is 0 Å². The molecule has 1 aliphatic heterocycles. The summed E-state index contributed by atoms with van der Waals surface area (Å²) in [4.78, 5) is 0. The molecule has 1 saturated carbocycles. The first-order valence-electron chi connectivity index (χ1n) is 4.65. The molecule has 2 rings (SSSR count). The van der Waals surface area contributed by atoms with Crippen LogP contribution in [0.2, 0.25) is 0 Å². The average Bonchev–Trinajstić information content (AvgIpc) is 2.45. The van der Waals surface area contributed by atoms with Crippen molar-refractivity contribution in [3.63, 3.8) is 0 Å². The van der Waals surface area contributed by atoms with Gasteiger partial charge in [-0.25, -0.2) is 0 Å². The summed E-state index contributed by atoms with van der Waals surface area (Å²) in [6, 6.07) is 0.407. The van der Waals surface area contributed by atoms with Crippen LogP contribution in [0.25, 0.3) is 0 Å². The lowest BCUT2D eigenvalue weighted by Crippen LogP contribution is -2.30. The molecule has 1 heterocycles. The third kappa shape index (κ3) is 1.18. The van der Waals surface area contributed by atoms with Gasteiger partial charge in [-0.15, -0.1) is 0 Å². The predicted molar refractivity (Wildman–Crippen MR) is 44.3 cm³/mol. The van der Waals surface area contributed by atoms with Crippen molar-refractivity contribution in [1.29, 1.82) is 0 Å². The molecule has 0 aromatic heterocycles. The van der Waals surface area contributed by atoms with E-state index in [1.165, 1.54) is 12.8 Å². The third-order valence-corrected chi connectivity index (χ3v) is 3.34. The quantitative estimate of drug-likeness (QED) is 0.581. The highest BCUT2D eigenvalue weighted by atomic mass is 16.3. The van der Waals surface area contributed by atoms with Gasteiger partial charge in [0.05, 0.1) is 6.61 Å². The van der Waals surface area contributed by atoms with E-state index in [4.69, 9.17) is 5.11 Å². The summed E-state index contributed by atoms with van der Waals surface area (Å²) in [6.45, 7) is 3.79. The maximum Gasteiger partial charge on any atom is 0.0587 e. The molecule has 2 aliphatic rings. The van der Waals surface area contributed by atoms with Gasteiger partial charge in [-0.3, -0.25) is 0 Å². The maximum atomic E-state index is 9.04. The Labute approximate surface area is 68.0 Å². The molecular weight excluding hydrogens is 138 g/mol. The van der Waals surface area contributed by atoms with Gasteiger partial charge in [0.15, 0.2) is 0 Å². The summed E-state index contributed by atoms with van der Waals surface area (Å²) < 4.78 is 0. The van der Waals surface area contributed by atoms with Gasteiger partial charge >= 0.3 is 0 Å². The van der Waals surface area contributed by atoms with Crippen LogP contribution in [0.5, 0.6) is 0 Å². The Morgan fingerprint density at radius 3 is 3.00 bits per heavy atom. The van der Waals surface area contributed by atoms with Gasteiger partial charge in [-0.1, -0.05) is 6.92 Å². The van der Waals surface area contributed by atoms with Crippen LogP contribution >= 0.6 is 0 Å². The van der Waals surface area contributed by atoms with Gasteiger partial charge in [0.25, 0.3) is 0 Å². The molecule has 1 aliphatic carbocycles. The minimum Gasteiger partial charge on any atom is -0.395 e. The molecule has 0 amide bonds. The van der Waals surface area contributed by atoms with E-state index in [9.17, 15) is 0 Å². The smallest absolute Gasteiger partial charge is 0.0587 e. The summed E-state index contributed by atoms with van der Waals surface area (Å²) in [5, 5.41) is 12.4. The molecule has 2 nitrogen and oxygen atoms in total. The molecule has 64 valence electrons. The van der Waals surface area contributed by atoms with Gasteiger partial charge in [-0.2, -0.15) is 0 Å². The Morgan fingerprint density at radius 2 is 2.27 bits per heavy atom. The zero-order valence-corrected chi connectivity index (χ0v) is 7.09. The first-order valence-corrected chi connectivity index (χ1v) is 4.65. The Balaban J connectivity index is 2.01. The van der Waals surface area contributed by atoms with Crippen molar-refractivity contribution in [3.05, 3.63) is 0 Å². The van der Waals surface area contributed by atoms with Crippen LogP contribution in [-0.2, 0) is 0 Å². The van der Waals surface area contributed by atoms with E-state index in [2.05, 4.69) is 12.2 Å². The van der Waals surface area contributed by atoms with E-state index in [1.54, 1.807) is 0 Å². The molecule has 4 atom stereocenters. The SMILES string of the molecule is CC1CC2CN[C@H](CO)[C@H]2C1. The van der Waals surface area contributed by atoms with Crippen molar-refractivity contribution in [1.82, 2.24) is 5.32 Å². The fourth-order valence-corrected chi connectivity index (χ4v) is 2.83. The van der Waals surface area contributed by atoms with E-state index in [0.717, 1.165) is 24.3 Å². The average molecular weight is 155 g/mol. The molecule has 2 unspecified atom stereocenters. The van der Waals surface area contributed by atoms with Crippen LogP contribution in [-0.4, -0.2) is 24.3 Å². The van der Waals surface area contributed by atoms with Crippen molar-refractivity contribution >= 4 is 0 Å². The minimum absolute atomic E-state index is 0.327. The molecule has 2 N–H and O–H groups in total. The normalized spacial score (nSPS) is 49.6. The molecule has 0 radical (unpaired) electrons. The van der Waals surface area contributed by atoms with Gasteiger partial charge in [0.2, 0.25) is 0 Å². The van der Waals surface area contributed by atoms with Gasteiger partial charge < -0.3 is 10.4 Å². The first kappa shape index (κ1) is 7.56. The maximum absolute atomic E-state index is 9.04. The number of hydrogen-bond acceptors (Lipinski definition) is 2. The summed E-state index contributed by atoms with van der Waals surface area (Å²) in [5.41, 5.74) is 0. The molecule has 0 spiro atoms. The Morgan fingerprint density at radius 1 is 1.45 bits per heavy atom. The van der Waals surface area contributed by atoms with Gasteiger partial charge in [0, 0.05) is 6.04 Å². The highest BCUT2D eigenvalue weighted by Crippen LogP contribution is 2.40. The highest BCUT2D eigenvalue weighted by Gasteiger charge is 2.41. The van der Waals surface area contributed by atoms with Crippen LogP contribution in [0, 0.1) is 17.8 Å². The minimum atomic E-state index is 0.327. The Bertz CT molecular complexity index is 146. The largest absolute Gasteiger partial charge is 0.395 e. The monoisotopic (exact) mass is 155 g/mol. The van der Waals surface area contributed by atoms with Crippen LogP contribution in [0.1, 0.15) is 19.8 Å². The molecule has 0 bridgehead atoms.